The Bertz CT molecular complexity index is 534. The van der Waals surface area contributed by atoms with Gasteiger partial charge in [0, 0.05) is 6.42 Å². The van der Waals surface area contributed by atoms with Crippen molar-refractivity contribution in [2.45, 2.75) is 13.3 Å². The lowest BCUT2D eigenvalue weighted by atomic mass is 10.2. The van der Waals surface area contributed by atoms with Crippen LogP contribution in [0.15, 0.2) is 18.2 Å². The van der Waals surface area contributed by atoms with E-state index in [1.807, 2.05) is 0 Å². The first-order valence-corrected chi connectivity index (χ1v) is 5.60. The van der Waals surface area contributed by atoms with Crippen LogP contribution in [0.25, 0.3) is 11.0 Å². The summed E-state index contributed by atoms with van der Waals surface area (Å²) in [5.74, 6) is 0.521. The monoisotopic (exact) mass is 233 g/mol. The van der Waals surface area contributed by atoms with Crippen LogP contribution in [0.3, 0.4) is 0 Å². The van der Waals surface area contributed by atoms with E-state index in [-0.39, 0.29) is 5.97 Å². The van der Waals surface area contributed by atoms with Crippen LogP contribution in [0.4, 0.5) is 0 Å². The lowest BCUT2D eigenvalue weighted by molar-refractivity contribution is 0.0526. The number of hydrogen-bond donors (Lipinski definition) is 2. The Morgan fingerprint density at radius 3 is 3.06 bits per heavy atom. The van der Waals surface area contributed by atoms with Gasteiger partial charge in [0.25, 0.3) is 0 Å². The number of nitrogens with zero attached hydrogens (tertiary/aromatic N) is 1. The number of ether oxygens (including phenoxy) is 1. The molecule has 2 rings (SSSR count). The largest absolute Gasteiger partial charge is 0.462 e. The Labute approximate surface area is 99.0 Å². The lowest BCUT2D eigenvalue weighted by Crippen LogP contribution is -2.04. The van der Waals surface area contributed by atoms with Gasteiger partial charge < -0.3 is 15.5 Å². The van der Waals surface area contributed by atoms with Crippen molar-refractivity contribution in [1.29, 1.82) is 0 Å². The average Bonchev–Trinajstić information content (AvgIpc) is 2.71. The van der Waals surface area contributed by atoms with Gasteiger partial charge in [0.15, 0.2) is 0 Å². The molecule has 5 nitrogen and oxygen atoms in total. The van der Waals surface area contributed by atoms with Crippen molar-refractivity contribution in [2.75, 3.05) is 13.2 Å². The van der Waals surface area contributed by atoms with Crippen LogP contribution in [-0.4, -0.2) is 29.1 Å². The van der Waals surface area contributed by atoms with Crippen LogP contribution in [-0.2, 0) is 11.2 Å². The van der Waals surface area contributed by atoms with Crippen molar-refractivity contribution in [3.63, 3.8) is 0 Å². The number of aromatic amines is 1. The van der Waals surface area contributed by atoms with E-state index in [2.05, 4.69) is 9.97 Å². The predicted molar refractivity (Wildman–Crippen MR) is 64.8 cm³/mol. The first-order chi connectivity index (χ1) is 8.24. The molecule has 0 radical (unpaired) electrons. The fourth-order valence-electron chi connectivity index (χ4n) is 1.66. The summed E-state index contributed by atoms with van der Waals surface area (Å²) >= 11 is 0. The quantitative estimate of drug-likeness (QED) is 0.778. The van der Waals surface area contributed by atoms with Gasteiger partial charge in [0.05, 0.1) is 23.2 Å². The number of nitrogens with one attached hydrogen (secondary N) is 1. The molecular weight excluding hydrogens is 218 g/mol. The minimum atomic E-state index is -0.315. The Balaban J connectivity index is 2.33. The number of carbonyl (C=O) groups is 1. The Morgan fingerprint density at radius 1 is 1.53 bits per heavy atom. The third kappa shape index (κ3) is 2.45. The second-order valence-corrected chi connectivity index (χ2v) is 3.67. The van der Waals surface area contributed by atoms with E-state index in [0.29, 0.717) is 25.1 Å². The predicted octanol–water partition coefficient (Wildman–Crippen LogP) is 1.24. The van der Waals surface area contributed by atoms with Crippen molar-refractivity contribution in [3.8, 4) is 0 Å². The molecule has 3 N–H and O–H groups in total. The minimum absolute atomic E-state index is 0.315. The van der Waals surface area contributed by atoms with Crippen LogP contribution in [0, 0.1) is 0 Å². The molecule has 0 unspecified atom stereocenters. The summed E-state index contributed by atoms with van der Waals surface area (Å²) in [4.78, 5) is 19.0. The van der Waals surface area contributed by atoms with Gasteiger partial charge in [0.1, 0.15) is 5.82 Å². The first-order valence-electron chi connectivity index (χ1n) is 5.60. The Morgan fingerprint density at radius 2 is 2.35 bits per heavy atom. The maximum Gasteiger partial charge on any atom is 0.338 e. The van der Waals surface area contributed by atoms with Gasteiger partial charge in [0.2, 0.25) is 0 Å². The molecule has 0 saturated heterocycles. The number of benzene rings is 1. The smallest absolute Gasteiger partial charge is 0.338 e. The fourth-order valence-corrected chi connectivity index (χ4v) is 1.66. The molecule has 17 heavy (non-hydrogen) atoms. The number of hydrogen-bond acceptors (Lipinski definition) is 4. The summed E-state index contributed by atoms with van der Waals surface area (Å²) in [5.41, 5.74) is 7.66. The Hall–Kier alpha value is -1.88. The molecule has 0 aliphatic rings. The number of imidazole rings is 1. The second-order valence-electron chi connectivity index (χ2n) is 3.67. The summed E-state index contributed by atoms with van der Waals surface area (Å²) in [6.07, 6.45) is 0.698. The average molecular weight is 233 g/mol. The zero-order valence-electron chi connectivity index (χ0n) is 9.69. The second kappa shape index (κ2) is 4.97. The highest BCUT2D eigenvalue weighted by Crippen LogP contribution is 2.14. The van der Waals surface area contributed by atoms with Crippen LogP contribution >= 0.6 is 0 Å². The van der Waals surface area contributed by atoms with Gasteiger partial charge in [-0.05, 0) is 31.7 Å². The zero-order valence-corrected chi connectivity index (χ0v) is 9.69. The third-order valence-electron chi connectivity index (χ3n) is 2.42. The molecule has 0 fully saturated rings. The van der Waals surface area contributed by atoms with Gasteiger partial charge in [-0.1, -0.05) is 0 Å². The summed E-state index contributed by atoms with van der Waals surface area (Å²) in [6.45, 7) is 2.70. The maximum atomic E-state index is 11.5. The standard InChI is InChI=1S/C12H15N3O2/c1-2-17-12(16)8-3-4-9-10(7-8)15-11(14-9)5-6-13/h3-4,7H,2,5-6,13H2,1H3,(H,14,15). The van der Waals surface area contributed by atoms with E-state index in [9.17, 15) is 4.79 Å². The lowest BCUT2D eigenvalue weighted by Gasteiger charge is -2.00. The molecule has 1 aromatic carbocycles. The number of rotatable bonds is 4. The van der Waals surface area contributed by atoms with Gasteiger partial charge in [-0.15, -0.1) is 0 Å². The molecule has 1 aromatic heterocycles. The van der Waals surface area contributed by atoms with Crippen molar-refractivity contribution in [3.05, 3.63) is 29.6 Å². The number of carbonyl (C=O) groups excluding carboxylic acids is 1. The van der Waals surface area contributed by atoms with Gasteiger partial charge in [-0.3, -0.25) is 0 Å². The van der Waals surface area contributed by atoms with Gasteiger partial charge in [-0.2, -0.15) is 0 Å². The molecule has 0 atom stereocenters. The van der Waals surface area contributed by atoms with E-state index in [4.69, 9.17) is 10.5 Å². The van der Waals surface area contributed by atoms with E-state index >= 15 is 0 Å². The third-order valence-corrected chi connectivity index (χ3v) is 2.42. The van der Waals surface area contributed by atoms with Crippen LogP contribution < -0.4 is 5.73 Å². The number of esters is 1. The van der Waals surface area contributed by atoms with Gasteiger partial charge in [-0.25, -0.2) is 9.78 Å². The van der Waals surface area contributed by atoms with E-state index in [0.717, 1.165) is 16.9 Å². The number of fused-ring (bicyclic) bond motifs is 1. The molecule has 1 heterocycles. The van der Waals surface area contributed by atoms with Crippen LogP contribution in [0.5, 0.6) is 0 Å². The number of H-pyrrole nitrogens is 1. The molecule has 0 aliphatic heterocycles. The first kappa shape index (κ1) is 11.6. The molecule has 0 amide bonds. The highest BCUT2D eigenvalue weighted by atomic mass is 16.5. The molecule has 90 valence electrons. The molecule has 0 bridgehead atoms. The van der Waals surface area contributed by atoms with E-state index < -0.39 is 0 Å². The topological polar surface area (TPSA) is 81.0 Å². The summed E-state index contributed by atoms with van der Waals surface area (Å²) in [5, 5.41) is 0. The number of aromatic nitrogens is 2. The van der Waals surface area contributed by atoms with Crippen molar-refractivity contribution < 1.29 is 9.53 Å². The molecule has 0 spiro atoms. The minimum Gasteiger partial charge on any atom is -0.462 e. The van der Waals surface area contributed by atoms with Crippen LogP contribution in [0.1, 0.15) is 23.1 Å². The molecule has 2 aromatic rings. The molecule has 5 heteroatoms. The maximum absolute atomic E-state index is 11.5. The van der Waals surface area contributed by atoms with Crippen molar-refractivity contribution in [1.82, 2.24) is 9.97 Å². The van der Waals surface area contributed by atoms with Crippen LogP contribution in [0.2, 0.25) is 0 Å². The summed E-state index contributed by atoms with van der Waals surface area (Å²) in [7, 11) is 0. The fraction of sp³-hybridized carbons (Fsp3) is 0.333. The SMILES string of the molecule is CCOC(=O)c1ccc2nc(CCN)[nH]c2c1. The summed E-state index contributed by atoms with van der Waals surface area (Å²) in [6, 6.07) is 5.27. The van der Waals surface area contributed by atoms with Crippen molar-refractivity contribution >= 4 is 17.0 Å². The highest BCUT2D eigenvalue weighted by Gasteiger charge is 2.09. The normalized spacial score (nSPS) is 10.7. The van der Waals surface area contributed by atoms with Gasteiger partial charge >= 0.3 is 5.97 Å². The summed E-state index contributed by atoms with van der Waals surface area (Å²) < 4.78 is 4.94. The Kier molecular flexibility index (Phi) is 3.39. The highest BCUT2D eigenvalue weighted by molar-refractivity contribution is 5.93. The molecular formula is C12H15N3O2. The molecule has 0 saturated carbocycles. The van der Waals surface area contributed by atoms with E-state index in [1.165, 1.54) is 0 Å². The van der Waals surface area contributed by atoms with Crippen molar-refractivity contribution in [2.24, 2.45) is 5.73 Å². The number of nitrogens with two attached hydrogens (primary N) is 1. The van der Waals surface area contributed by atoms with E-state index in [1.54, 1.807) is 25.1 Å². The molecule has 0 aliphatic carbocycles. The zero-order chi connectivity index (χ0) is 12.3.